The van der Waals surface area contributed by atoms with Crippen molar-refractivity contribution in [3.05, 3.63) is 0 Å². The van der Waals surface area contributed by atoms with Gasteiger partial charge in [0.25, 0.3) is 0 Å². The van der Waals surface area contributed by atoms with Gasteiger partial charge < -0.3 is 10.8 Å². The van der Waals surface area contributed by atoms with Crippen molar-refractivity contribution in [2.75, 3.05) is 26.2 Å². The number of rotatable bonds is 4. The number of hydrogen-bond donors (Lipinski definition) is 2. The molecule has 1 atom stereocenters. The summed E-state index contributed by atoms with van der Waals surface area (Å²) < 4.78 is 0. The number of β-amino-alcohol motifs (C(OH)–C–C–N with tert-alkyl or cyclic N) is 1. The summed E-state index contributed by atoms with van der Waals surface area (Å²) in [5.41, 5.74) is 5.53. The Balaban J connectivity index is 2.31. The van der Waals surface area contributed by atoms with E-state index in [1.54, 1.807) is 0 Å². The van der Waals surface area contributed by atoms with E-state index in [9.17, 15) is 0 Å². The van der Waals surface area contributed by atoms with Gasteiger partial charge in [0.15, 0.2) is 0 Å². The molecule has 0 spiro atoms. The Bertz CT molecular complexity index is 101. The van der Waals surface area contributed by atoms with E-state index < -0.39 is 0 Å². The van der Waals surface area contributed by atoms with Crippen molar-refractivity contribution in [1.29, 1.82) is 0 Å². The van der Waals surface area contributed by atoms with Gasteiger partial charge in [-0.25, -0.2) is 0 Å². The Morgan fingerprint density at radius 3 is 2.92 bits per heavy atom. The summed E-state index contributed by atoms with van der Waals surface area (Å²) in [6.45, 7) is 3.02. The standard InChI is InChI=1S/C9H20N2O/c10-5-4-9-3-1-2-6-11(9)7-8-12/h9,12H,1-8,10H2. The quantitative estimate of drug-likeness (QED) is 0.636. The monoisotopic (exact) mass is 172 g/mol. The summed E-state index contributed by atoms with van der Waals surface area (Å²) in [7, 11) is 0. The summed E-state index contributed by atoms with van der Waals surface area (Å²) in [6.07, 6.45) is 4.95. The first-order valence-corrected chi connectivity index (χ1v) is 4.93. The van der Waals surface area contributed by atoms with Gasteiger partial charge in [0.1, 0.15) is 0 Å². The molecule has 1 rings (SSSR count). The van der Waals surface area contributed by atoms with Crippen LogP contribution in [0.1, 0.15) is 25.7 Å². The molecular weight excluding hydrogens is 152 g/mol. The van der Waals surface area contributed by atoms with Gasteiger partial charge in [-0.15, -0.1) is 0 Å². The number of nitrogens with two attached hydrogens (primary N) is 1. The van der Waals surface area contributed by atoms with Gasteiger partial charge in [0.2, 0.25) is 0 Å². The third-order valence-corrected chi connectivity index (χ3v) is 2.64. The minimum absolute atomic E-state index is 0.279. The van der Waals surface area contributed by atoms with Crippen molar-refractivity contribution in [3.8, 4) is 0 Å². The minimum atomic E-state index is 0.279. The maximum absolute atomic E-state index is 8.83. The molecule has 1 heterocycles. The van der Waals surface area contributed by atoms with Crippen molar-refractivity contribution in [2.24, 2.45) is 5.73 Å². The molecule has 0 aromatic heterocycles. The lowest BCUT2D eigenvalue weighted by atomic mass is 9.99. The van der Waals surface area contributed by atoms with Crippen LogP contribution in [-0.2, 0) is 0 Å². The highest BCUT2D eigenvalue weighted by Gasteiger charge is 2.20. The average molecular weight is 172 g/mol. The van der Waals surface area contributed by atoms with Gasteiger partial charge in [0.05, 0.1) is 6.61 Å². The fourth-order valence-corrected chi connectivity index (χ4v) is 2.00. The van der Waals surface area contributed by atoms with Crippen molar-refractivity contribution < 1.29 is 5.11 Å². The summed E-state index contributed by atoms with van der Waals surface area (Å²) >= 11 is 0. The van der Waals surface area contributed by atoms with Gasteiger partial charge in [0, 0.05) is 12.6 Å². The maximum atomic E-state index is 8.83. The largest absolute Gasteiger partial charge is 0.395 e. The zero-order valence-electron chi connectivity index (χ0n) is 7.71. The SMILES string of the molecule is NCCC1CCCCN1CCO. The Morgan fingerprint density at radius 2 is 2.25 bits per heavy atom. The van der Waals surface area contributed by atoms with E-state index in [0.29, 0.717) is 6.04 Å². The van der Waals surface area contributed by atoms with Crippen LogP contribution in [-0.4, -0.2) is 42.3 Å². The Hall–Kier alpha value is -0.120. The van der Waals surface area contributed by atoms with E-state index in [2.05, 4.69) is 4.90 Å². The molecule has 0 aromatic carbocycles. The fourth-order valence-electron chi connectivity index (χ4n) is 2.00. The van der Waals surface area contributed by atoms with Crippen LogP contribution in [0.15, 0.2) is 0 Å². The van der Waals surface area contributed by atoms with Gasteiger partial charge in [-0.05, 0) is 32.4 Å². The van der Waals surface area contributed by atoms with E-state index in [4.69, 9.17) is 10.8 Å². The average Bonchev–Trinajstić information content (AvgIpc) is 2.09. The van der Waals surface area contributed by atoms with Crippen LogP contribution in [0.5, 0.6) is 0 Å². The molecule has 0 saturated carbocycles. The molecule has 1 saturated heterocycles. The number of likely N-dealkylation sites (tertiary alicyclic amines) is 1. The molecular formula is C9H20N2O. The molecule has 1 aliphatic heterocycles. The first kappa shape index (κ1) is 9.96. The topological polar surface area (TPSA) is 49.5 Å². The third-order valence-electron chi connectivity index (χ3n) is 2.64. The van der Waals surface area contributed by atoms with Crippen molar-refractivity contribution in [3.63, 3.8) is 0 Å². The highest BCUT2D eigenvalue weighted by Crippen LogP contribution is 2.18. The van der Waals surface area contributed by atoms with Crippen LogP contribution in [0.2, 0.25) is 0 Å². The summed E-state index contributed by atoms with van der Waals surface area (Å²) in [4.78, 5) is 2.37. The van der Waals surface area contributed by atoms with Gasteiger partial charge >= 0.3 is 0 Å². The molecule has 3 nitrogen and oxygen atoms in total. The Labute approximate surface area is 74.5 Å². The first-order valence-electron chi connectivity index (χ1n) is 4.93. The Morgan fingerprint density at radius 1 is 1.42 bits per heavy atom. The van der Waals surface area contributed by atoms with Crippen molar-refractivity contribution in [2.45, 2.75) is 31.7 Å². The van der Waals surface area contributed by atoms with E-state index in [0.717, 1.165) is 26.1 Å². The summed E-state index contributed by atoms with van der Waals surface area (Å²) in [5.74, 6) is 0. The molecule has 3 heteroatoms. The van der Waals surface area contributed by atoms with Crippen LogP contribution in [0.3, 0.4) is 0 Å². The zero-order valence-corrected chi connectivity index (χ0v) is 7.71. The highest BCUT2D eigenvalue weighted by molar-refractivity contribution is 4.76. The highest BCUT2D eigenvalue weighted by atomic mass is 16.3. The smallest absolute Gasteiger partial charge is 0.0558 e. The van der Waals surface area contributed by atoms with E-state index in [1.807, 2.05) is 0 Å². The number of piperidine rings is 1. The molecule has 0 amide bonds. The predicted molar refractivity (Wildman–Crippen MR) is 50.0 cm³/mol. The molecule has 1 unspecified atom stereocenters. The number of aliphatic hydroxyl groups is 1. The van der Waals surface area contributed by atoms with Gasteiger partial charge in [-0.3, -0.25) is 4.90 Å². The van der Waals surface area contributed by atoms with Crippen LogP contribution in [0, 0.1) is 0 Å². The van der Waals surface area contributed by atoms with Crippen molar-refractivity contribution >= 4 is 0 Å². The van der Waals surface area contributed by atoms with Crippen molar-refractivity contribution in [1.82, 2.24) is 4.90 Å². The number of hydrogen-bond acceptors (Lipinski definition) is 3. The van der Waals surface area contributed by atoms with E-state index in [-0.39, 0.29) is 6.61 Å². The number of nitrogens with zero attached hydrogens (tertiary/aromatic N) is 1. The van der Waals surface area contributed by atoms with Crippen LogP contribution in [0.4, 0.5) is 0 Å². The lowest BCUT2D eigenvalue weighted by Gasteiger charge is -2.35. The molecule has 0 aliphatic carbocycles. The summed E-state index contributed by atoms with van der Waals surface area (Å²) in [6, 6.07) is 0.635. The summed E-state index contributed by atoms with van der Waals surface area (Å²) in [5, 5.41) is 8.83. The molecule has 3 N–H and O–H groups in total. The normalized spacial score (nSPS) is 26.0. The second-order valence-electron chi connectivity index (χ2n) is 3.49. The van der Waals surface area contributed by atoms with E-state index >= 15 is 0 Å². The molecule has 0 aromatic rings. The van der Waals surface area contributed by atoms with Crippen LogP contribution >= 0.6 is 0 Å². The first-order chi connectivity index (χ1) is 5.88. The van der Waals surface area contributed by atoms with Crippen LogP contribution in [0.25, 0.3) is 0 Å². The molecule has 0 bridgehead atoms. The van der Waals surface area contributed by atoms with Gasteiger partial charge in [-0.2, -0.15) is 0 Å². The molecule has 12 heavy (non-hydrogen) atoms. The Kier molecular flexibility index (Phi) is 4.58. The fraction of sp³-hybridized carbons (Fsp3) is 1.00. The molecule has 1 fully saturated rings. The predicted octanol–water partition coefficient (Wildman–Crippen LogP) is 0.182. The third kappa shape index (κ3) is 2.73. The zero-order chi connectivity index (χ0) is 8.81. The molecule has 72 valence electrons. The molecule has 1 aliphatic rings. The second-order valence-corrected chi connectivity index (χ2v) is 3.49. The maximum Gasteiger partial charge on any atom is 0.0558 e. The van der Waals surface area contributed by atoms with E-state index in [1.165, 1.54) is 19.3 Å². The second kappa shape index (κ2) is 5.51. The number of aliphatic hydroxyl groups excluding tert-OH is 1. The lowest BCUT2D eigenvalue weighted by molar-refractivity contribution is 0.112. The minimum Gasteiger partial charge on any atom is -0.395 e. The van der Waals surface area contributed by atoms with Gasteiger partial charge in [-0.1, -0.05) is 6.42 Å². The molecule has 0 radical (unpaired) electrons. The van der Waals surface area contributed by atoms with Crippen LogP contribution < -0.4 is 5.73 Å². The lowest BCUT2D eigenvalue weighted by Crippen LogP contribution is -2.42.